The second-order valence-corrected chi connectivity index (χ2v) is 7.05. The fourth-order valence-electron chi connectivity index (χ4n) is 3.02. The molecule has 0 bridgehead atoms. The van der Waals surface area contributed by atoms with Crippen LogP contribution in [0.4, 0.5) is 10.1 Å². The summed E-state index contributed by atoms with van der Waals surface area (Å²) in [4.78, 5) is 12.9. The number of nitrogens with zero attached hydrogens (tertiary/aromatic N) is 1. The van der Waals surface area contributed by atoms with Crippen molar-refractivity contribution in [2.45, 2.75) is 6.54 Å². The molecule has 0 aliphatic carbocycles. The maximum absolute atomic E-state index is 13.6. The van der Waals surface area contributed by atoms with Crippen molar-refractivity contribution in [2.75, 3.05) is 12.4 Å². The third kappa shape index (κ3) is 3.57. The summed E-state index contributed by atoms with van der Waals surface area (Å²) in [5.41, 5.74) is 2.99. The van der Waals surface area contributed by atoms with Crippen LogP contribution in [0.25, 0.3) is 10.2 Å². The lowest BCUT2D eigenvalue weighted by Crippen LogP contribution is -2.17. The van der Waals surface area contributed by atoms with Gasteiger partial charge >= 0.3 is 0 Å². The summed E-state index contributed by atoms with van der Waals surface area (Å²) in [6.07, 6.45) is 0. The lowest BCUT2D eigenvalue weighted by atomic mass is 10.2. The van der Waals surface area contributed by atoms with Crippen molar-refractivity contribution in [1.29, 1.82) is 0 Å². The van der Waals surface area contributed by atoms with Crippen molar-refractivity contribution < 1.29 is 13.9 Å². The number of carbonyl (C=O) groups is 1. The molecule has 136 valence electrons. The molecule has 4 aromatic rings. The average Bonchev–Trinajstić information content (AvgIpc) is 3.25. The number of carbonyl (C=O) groups excluding carboxylic acids is 1. The molecule has 27 heavy (non-hydrogen) atoms. The Morgan fingerprint density at radius 3 is 2.70 bits per heavy atom. The van der Waals surface area contributed by atoms with Crippen LogP contribution in [-0.2, 0) is 6.54 Å². The highest BCUT2D eigenvalue weighted by molar-refractivity contribution is 7.17. The molecule has 2 aromatic carbocycles. The van der Waals surface area contributed by atoms with E-state index >= 15 is 0 Å². The van der Waals surface area contributed by atoms with E-state index in [2.05, 4.69) is 5.32 Å². The van der Waals surface area contributed by atoms with Crippen LogP contribution in [0.2, 0.25) is 0 Å². The SMILES string of the molecule is COc1ccc(NC(=O)c2cc3sccc3n2Cc2cccc(F)c2)cc1. The molecule has 0 saturated heterocycles. The molecule has 0 radical (unpaired) electrons. The van der Waals surface area contributed by atoms with Gasteiger partial charge in [-0.15, -0.1) is 11.3 Å². The van der Waals surface area contributed by atoms with Gasteiger partial charge in [0, 0.05) is 12.2 Å². The zero-order valence-electron chi connectivity index (χ0n) is 14.6. The number of amides is 1. The number of anilines is 1. The fourth-order valence-corrected chi connectivity index (χ4v) is 3.85. The Hall–Kier alpha value is -3.12. The van der Waals surface area contributed by atoms with Gasteiger partial charge in [0.05, 0.1) is 17.3 Å². The maximum atomic E-state index is 13.6. The Morgan fingerprint density at radius 1 is 1.15 bits per heavy atom. The summed E-state index contributed by atoms with van der Waals surface area (Å²) in [7, 11) is 1.60. The molecule has 0 spiro atoms. The Kier molecular flexibility index (Phi) is 4.64. The Morgan fingerprint density at radius 2 is 1.96 bits per heavy atom. The highest BCUT2D eigenvalue weighted by Crippen LogP contribution is 2.27. The predicted octanol–water partition coefficient (Wildman–Crippen LogP) is 5.15. The maximum Gasteiger partial charge on any atom is 0.272 e. The van der Waals surface area contributed by atoms with E-state index < -0.39 is 0 Å². The van der Waals surface area contributed by atoms with Crippen molar-refractivity contribution in [2.24, 2.45) is 0 Å². The van der Waals surface area contributed by atoms with Crippen LogP contribution in [-0.4, -0.2) is 17.6 Å². The van der Waals surface area contributed by atoms with Crippen molar-refractivity contribution in [3.8, 4) is 5.75 Å². The van der Waals surface area contributed by atoms with Crippen LogP contribution in [0.15, 0.2) is 66.0 Å². The van der Waals surface area contributed by atoms with Crippen molar-refractivity contribution in [1.82, 2.24) is 4.57 Å². The smallest absolute Gasteiger partial charge is 0.272 e. The molecule has 4 rings (SSSR count). The van der Waals surface area contributed by atoms with Gasteiger partial charge in [-0.05, 0) is 59.5 Å². The van der Waals surface area contributed by atoms with Gasteiger partial charge in [0.25, 0.3) is 5.91 Å². The van der Waals surface area contributed by atoms with Gasteiger partial charge in [-0.25, -0.2) is 4.39 Å². The largest absolute Gasteiger partial charge is 0.497 e. The van der Waals surface area contributed by atoms with Gasteiger partial charge in [-0.3, -0.25) is 4.79 Å². The van der Waals surface area contributed by atoms with Gasteiger partial charge in [0.1, 0.15) is 17.3 Å². The minimum Gasteiger partial charge on any atom is -0.497 e. The minimum atomic E-state index is -0.287. The van der Waals surface area contributed by atoms with E-state index in [-0.39, 0.29) is 11.7 Å². The minimum absolute atomic E-state index is 0.208. The normalized spacial score (nSPS) is 10.9. The summed E-state index contributed by atoms with van der Waals surface area (Å²) in [6, 6.07) is 17.4. The lowest BCUT2D eigenvalue weighted by molar-refractivity contribution is 0.101. The van der Waals surface area contributed by atoms with Crippen LogP contribution in [0.1, 0.15) is 16.1 Å². The van der Waals surface area contributed by atoms with Gasteiger partial charge in [0.15, 0.2) is 0 Å². The van der Waals surface area contributed by atoms with Crippen LogP contribution in [0, 0.1) is 5.82 Å². The standard InChI is InChI=1S/C21H17FN2O2S/c1-26-17-7-5-16(6-8-17)23-21(25)19-12-20-18(9-10-27-20)24(19)13-14-3-2-4-15(22)11-14/h2-12H,13H2,1H3,(H,23,25). The van der Waals surface area contributed by atoms with E-state index in [1.165, 1.54) is 12.1 Å². The number of rotatable bonds is 5. The van der Waals surface area contributed by atoms with E-state index in [1.54, 1.807) is 48.8 Å². The number of nitrogens with one attached hydrogen (secondary N) is 1. The average molecular weight is 380 g/mol. The number of hydrogen-bond acceptors (Lipinski definition) is 3. The summed E-state index contributed by atoms with van der Waals surface area (Å²) in [5.74, 6) is 0.230. The van der Waals surface area contributed by atoms with E-state index in [4.69, 9.17) is 4.74 Å². The molecule has 0 unspecified atom stereocenters. The molecule has 4 nitrogen and oxygen atoms in total. The second kappa shape index (κ2) is 7.25. The summed E-state index contributed by atoms with van der Waals surface area (Å²) >= 11 is 1.57. The van der Waals surface area contributed by atoms with E-state index in [0.717, 1.165) is 21.5 Å². The molecule has 2 heterocycles. The third-order valence-corrected chi connectivity index (χ3v) is 5.19. The zero-order chi connectivity index (χ0) is 18.8. The number of aromatic nitrogens is 1. The number of halogens is 1. The first kappa shape index (κ1) is 17.3. The Balaban J connectivity index is 1.66. The molecule has 6 heteroatoms. The molecule has 0 saturated carbocycles. The summed E-state index contributed by atoms with van der Waals surface area (Å²) in [5, 5.41) is 4.90. The van der Waals surface area contributed by atoms with Gasteiger partial charge in [-0.1, -0.05) is 12.1 Å². The van der Waals surface area contributed by atoms with Gasteiger partial charge < -0.3 is 14.6 Å². The lowest BCUT2D eigenvalue weighted by Gasteiger charge is -2.11. The first-order valence-corrected chi connectivity index (χ1v) is 9.28. The van der Waals surface area contributed by atoms with Crippen LogP contribution < -0.4 is 10.1 Å². The molecule has 0 fully saturated rings. The molecular weight excluding hydrogens is 363 g/mol. The van der Waals surface area contributed by atoms with Crippen molar-refractivity contribution in [3.63, 3.8) is 0 Å². The van der Waals surface area contributed by atoms with E-state index in [0.29, 0.717) is 17.9 Å². The first-order chi connectivity index (χ1) is 13.1. The quantitative estimate of drug-likeness (QED) is 0.520. The number of thiophene rings is 1. The molecule has 1 N–H and O–H groups in total. The Labute approximate surface area is 159 Å². The highest BCUT2D eigenvalue weighted by atomic mass is 32.1. The number of benzene rings is 2. The molecule has 0 aliphatic heterocycles. The monoisotopic (exact) mass is 380 g/mol. The van der Waals surface area contributed by atoms with Crippen LogP contribution >= 0.6 is 11.3 Å². The van der Waals surface area contributed by atoms with Gasteiger partial charge in [0.2, 0.25) is 0 Å². The molecular formula is C21H17FN2O2S. The van der Waals surface area contributed by atoms with Crippen molar-refractivity contribution in [3.05, 3.63) is 83.1 Å². The molecule has 0 atom stereocenters. The third-order valence-electron chi connectivity index (χ3n) is 4.33. The number of hydrogen-bond donors (Lipinski definition) is 1. The van der Waals surface area contributed by atoms with E-state index in [9.17, 15) is 9.18 Å². The predicted molar refractivity (Wildman–Crippen MR) is 106 cm³/mol. The van der Waals surface area contributed by atoms with Crippen LogP contribution in [0.5, 0.6) is 5.75 Å². The van der Waals surface area contributed by atoms with E-state index in [1.807, 2.05) is 28.1 Å². The summed E-state index contributed by atoms with van der Waals surface area (Å²) < 4.78 is 21.6. The number of ether oxygens (including phenoxy) is 1. The second-order valence-electron chi connectivity index (χ2n) is 6.10. The highest BCUT2D eigenvalue weighted by Gasteiger charge is 2.17. The molecule has 2 aromatic heterocycles. The fraction of sp³-hybridized carbons (Fsp3) is 0.0952. The Bertz CT molecular complexity index is 1100. The number of fused-ring (bicyclic) bond motifs is 1. The molecule has 0 aliphatic rings. The summed E-state index contributed by atoms with van der Waals surface area (Å²) in [6.45, 7) is 0.420. The van der Waals surface area contributed by atoms with Crippen molar-refractivity contribution >= 4 is 33.1 Å². The topological polar surface area (TPSA) is 43.3 Å². The number of methoxy groups -OCH3 is 1. The van der Waals surface area contributed by atoms with Crippen LogP contribution in [0.3, 0.4) is 0 Å². The molecule has 1 amide bonds. The first-order valence-electron chi connectivity index (χ1n) is 8.40. The van der Waals surface area contributed by atoms with Gasteiger partial charge in [-0.2, -0.15) is 0 Å². The zero-order valence-corrected chi connectivity index (χ0v) is 15.4.